The summed E-state index contributed by atoms with van der Waals surface area (Å²) >= 11 is 0. The van der Waals surface area contributed by atoms with Gasteiger partial charge in [-0.15, -0.1) is 0 Å². The normalized spacial score (nSPS) is 16.1. The van der Waals surface area contributed by atoms with Gasteiger partial charge in [-0.2, -0.15) is 0 Å². The Morgan fingerprint density at radius 2 is 1.50 bits per heavy atom. The maximum Gasteiger partial charge on any atom is 0.407 e. The number of carbonyl (C=O) groups is 3. The molecule has 3 amide bonds. The fourth-order valence-corrected chi connectivity index (χ4v) is 4.30. The van der Waals surface area contributed by atoms with E-state index in [1.54, 1.807) is 24.3 Å². The van der Waals surface area contributed by atoms with Crippen molar-refractivity contribution < 1.29 is 23.9 Å². The standard InChI is InChI=1S/C32H37N3O5.C2H6/c1-32(2,3)40-31(38)35-28-20-26(28)23-14-16-25(17-15-23)39-19-18-27(34-29(36)24-12-8-5-9-13-24)30(37)33-21-22-10-6-4-7-11-22;1-2/h4-17,26-28H,18-21H2,1-3H3,(H,33,37)(H,34,36)(H,35,38);1-2H3/t26?,27-,28?;/m0./s1. The highest BCUT2D eigenvalue weighted by atomic mass is 16.6. The van der Waals surface area contributed by atoms with Crippen LogP contribution in [-0.2, 0) is 16.1 Å². The Morgan fingerprint density at radius 3 is 2.12 bits per heavy atom. The Kier molecular flexibility index (Phi) is 12.0. The number of hydrogen-bond acceptors (Lipinski definition) is 5. The molecule has 3 aromatic rings. The summed E-state index contributed by atoms with van der Waals surface area (Å²) in [5.74, 6) is 0.319. The summed E-state index contributed by atoms with van der Waals surface area (Å²) in [6, 6.07) is 25.4. The van der Waals surface area contributed by atoms with E-state index in [1.165, 1.54) is 0 Å². The first-order chi connectivity index (χ1) is 20.2. The van der Waals surface area contributed by atoms with Crippen LogP contribution >= 0.6 is 0 Å². The van der Waals surface area contributed by atoms with Crippen LogP contribution in [0.5, 0.6) is 5.75 Å². The van der Waals surface area contributed by atoms with E-state index < -0.39 is 17.7 Å². The van der Waals surface area contributed by atoms with Crippen LogP contribution in [0.15, 0.2) is 84.9 Å². The number of benzene rings is 3. The van der Waals surface area contributed by atoms with Gasteiger partial charge in [0.2, 0.25) is 5.91 Å². The maximum absolute atomic E-state index is 13.0. The fraction of sp³-hybridized carbons (Fsp3) is 0.382. The topological polar surface area (TPSA) is 106 Å². The summed E-state index contributed by atoms with van der Waals surface area (Å²) in [7, 11) is 0. The predicted molar refractivity (Wildman–Crippen MR) is 164 cm³/mol. The number of nitrogens with one attached hydrogen (secondary N) is 3. The zero-order valence-electron chi connectivity index (χ0n) is 25.2. The van der Waals surface area contributed by atoms with E-state index in [9.17, 15) is 14.4 Å². The minimum Gasteiger partial charge on any atom is -0.494 e. The summed E-state index contributed by atoms with van der Waals surface area (Å²) in [6.07, 6.45) is 0.757. The average molecular weight is 574 g/mol. The van der Waals surface area contributed by atoms with Gasteiger partial charge in [0.1, 0.15) is 17.4 Å². The molecular weight excluding hydrogens is 530 g/mol. The number of alkyl carbamates (subject to hydrolysis) is 1. The lowest BCUT2D eigenvalue weighted by Gasteiger charge is -2.19. The third kappa shape index (κ3) is 10.6. The van der Waals surface area contributed by atoms with Crippen molar-refractivity contribution in [2.24, 2.45) is 0 Å². The van der Waals surface area contributed by atoms with E-state index in [0.717, 1.165) is 17.5 Å². The average Bonchev–Trinajstić information content (AvgIpc) is 3.75. The number of carbonyl (C=O) groups excluding carboxylic acids is 3. The molecule has 0 bridgehead atoms. The lowest BCUT2D eigenvalue weighted by Crippen LogP contribution is -2.47. The van der Waals surface area contributed by atoms with Gasteiger partial charge in [-0.25, -0.2) is 4.79 Å². The van der Waals surface area contributed by atoms with Crippen LogP contribution in [0.2, 0.25) is 0 Å². The molecule has 1 aliphatic rings. The summed E-state index contributed by atoms with van der Waals surface area (Å²) in [5, 5.41) is 8.67. The first kappa shape index (κ1) is 32.2. The van der Waals surface area contributed by atoms with Gasteiger partial charge in [0, 0.05) is 30.5 Å². The molecular formula is C34H43N3O5. The Balaban J connectivity index is 0.00000237. The van der Waals surface area contributed by atoms with Crippen molar-refractivity contribution >= 4 is 17.9 Å². The number of rotatable bonds is 11. The first-order valence-corrected chi connectivity index (χ1v) is 14.6. The van der Waals surface area contributed by atoms with Crippen LogP contribution in [-0.4, -0.2) is 42.2 Å². The third-order valence-electron chi connectivity index (χ3n) is 6.44. The summed E-state index contributed by atoms with van der Waals surface area (Å²) in [4.78, 5) is 37.8. The van der Waals surface area contributed by atoms with Crippen molar-refractivity contribution in [1.29, 1.82) is 0 Å². The van der Waals surface area contributed by atoms with Crippen LogP contribution < -0.4 is 20.7 Å². The molecule has 8 heteroatoms. The van der Waals surface area contributed by atoms with E-state index in [2.05, 4.69) is 16.0 Å². The second kappa shape index (κ2) is 15.6. The second-order valence-corrected chi connectivity index (χ2v) is 10.9. The highest BCUT2D eigenvalue weighted by molar-refractivity contribution is 5.97. The SMILES string of the molecule is CC.CC(C)(C)OC(=O)NC1CC1c1ccc(OCC[C@H](NC(=O)c2ccccc2)C(=O)NCc2ccccc2)cc1. The molecule has 1 saturated carbocycles. The molecule has 0 saturated heterocycles. The Labute approximate surface area is 249 Å². The minimum atomic E-state index is -0.762. The molecule has 0 radical (unpaired) electrons. The fourth-order valence-electron chi connectivity index (χ4n) is 4.30. The number of ether oxygens (including phenoxy) is 2. The van der Waals surface area contributed by atoms with Crippen molar-refractivity contribution in [3.63, 3.8) is 0 Å². The highest BCUT2D eigenvalue weighted by Gasteiger charge is 2.40. The van der Waals surface area contributed by atoms with Crippen molar-refractivity contribution in [2.75, 3.05) is 6.61 Å². The molecule has 3 N–H and O–H groups in total. The highest BCUT2D eigenvalue weighted by Crippen LogP contribution is 2.41. The van der Waals surface area contributed by atoms with Crippen LogP contribution in [0.4, 0.5) is 4.79 Å². The van der Waals surface area contributed by atoms with Crippen LogP contribution in [0.3, 0.4) is 0 Å². The smallest absolute Gasteiger partial charge is 0.407 e. The van der Waals surface area contributed by atoms with Crippen LogP contribution in [0.25, 0.3) is 0 Å². The summed E-state index contributed by atoms with van der Waals surface area (Å²) in [5.41, 5.74) is 2.04. The molecule has 0 spiro atoms. The van der Waals surface area contributed by atoms with Crippen LogP contribution in [0, 0.1) is 0 Å². The van der Waals surface area contributed by atoms with Gasteiger partial charge in [0.05, 0.1) is 6.61 Å². The van der Waals surface area contributed by atoms with Gasteiger partial charge in [0.15, 0.2) is 0 Å². The van der Waals surface area contributed by atoms with Gasteiger partial charge in [-0.1, -0.05) is 74.5 Å². The first-order valence-electron chi connectivity index (χ1n) is 14.6. The molecule has 8 nitrogen and oxygen atoms in total. The third-order valence-corrected chi connectivity index (χ3v) is 6.44. The molecule has 0 aromatic heterocycles. The molecule has 4 rings (SSSR count). The quantitative estimate of drug-likeness (QED) is 0.262. The Morgan fingerprint density at radius 1 is 0.881 bits per heavy atom. The number of amides is 3. The van der Waals surface area contributed by atoms with Crippen LogP contribution in [0.1, 0.15) is 74.9 Å². The van der Waals surface area contributed by atoms with Gasteiger partial charge in [-0.3, -0.25) is 9.59 Å². The van der Waals surface area contributed by atoms with E-state index in [1.807, 2.05) is 95.3 Å². The zero-order chi connectivity index (χ0) is 30.5. The zero-order valence-corrected chi connectivity index (χ0v) is 25.2. The second-order valence-electron chi connectivity index (χ2n) is 10.9. The predicted octanol–water partition coefficient (Wildman–Crippen LogP) is 5.98. The van der Waals surface area contributed by atoms with Gasteiger partial charge < -0.3 is 25.4 Å². The maximum atomic E-state index is 13.0. The lowest BCUT2D eigenvalue weighted by molar-refractivity contribution is -0.123. The van der Waals surface area contributed by atoms with Crippen molar-refractivity contribution in [3.05, 3.63) is 102 Å². The van der Waals surface area contributed by atoms with Gasteiger partial charge >= 0.3 is 6.09 Å². The van der Waals surface area contributed by atoms with E-state index in [-0.39, 0.29) is 30.4 Å². The largest absolute Gasteiger partial charge is 0.494 e. The van der Waals surface area contributed by atoms with Crippen molar-refractivity contribution in [1.82, 2.24) is 16.0 Å². The van der Waals surface area contributed by atoms with E-state index in [4.69, 9.17) is 9.47 Å². The summed E-state index contributed by atoms with van der Waals surface area (Å²) < 4.78 is 11.3. The molecule has 42 heavy (non-hydrogen) atoms. The van der Waals surface area contributed by atoms with Crippen molar-refractivity contribution in [2.45, 2.75) is 77.6 Å². The number of hydrogen-bond donors (Lipinski definition) is 3. The molecule has 1 aliphatic carbocycles. The van der Waals surface area contributed by atoms with E-state index in [0.29, 0.717) is 24.3 Å². The summed E-state index contributed by atoms with van der Waals surface area (Å²) in [6.45, 7) is 10.1. The molecule has 2 unspecified atom stereocenters. The minimum absolute atomic E-state index is 0.0602. The molecule has 224 valence electrons. The van der Waals surface area contributed by atoms with Gasteiger partial charge in [-0.05, 0) is 62.6 Å². The molecule has 3 atom stereocenters. The monoisotopic (exact) mass is 573 g/mol. The Bertz CT molecular complexity index is 1270. The van der Waals surface area contributed by atoms with E-state index >= 15 is 0 Å². The van der Waals surface area contributed by atoms with Crippen molar-refractivity contribution in [3.8, 4) is 5.75 Å². The molecule has 1 fully saturated rings. The Hall–Kier alpha value is -4.33. The molecule has 0 aliphatic heterocycles. The molecule has 0 heterocycles. The van der Waals surface area contributed by atoms with Gasteiger partial charge in [0.25, 0.3) is 5.91 Å². The lowest BCUT2D eigenvalue weighted by atomic mass is 10.1. The molecule has 3 aromatic carbocycles.